The van der Waals surface area contributed by atoms with Crippen LogP contribution in [0.15, 0.2) is 96.3 Å². The van der Waals surface area contributed by atoms with E-state index in [0.717, 1.165) is 22.5 Å². The molecule has 0 aliphatic carbocycles. The Morgan fingerprint density at radius 1 is 1.00 bits per heavy atom. The van der Waals surface area contributed by atoms with Crippen molar-refractivity contribution in [3.8, 4) is 5.69 Å². The zero-order valence-electron chi connectivity index (χ0n) is 15.6. The van der Waals surface area contributed by atoms with Crippen LogP contribution in [-0.2, 0) is 11.3 Å². The van der Waals surface area contributed by atoms with Crippen LogP contribution in [0.1, 0.15) is 22.9 Å². The van der Waals surface area contributed by atoms with Crippen molar-refractivity contribution in [1.82, 2.24) is 14.1 Å². The van der Waals surface area contributed by atoms with Crippen molar-refractivity contribution in [2.75, 3.05) is 7.11 Å². The fourth-order valence-electron chi connectivity index (χ4n) is 3.35. The summed E-state index contributed by atoms with van der Waals surface area (Å²) in [5.41, 5.74) is 3.72. The molecule has 2 aromatic heterocycles. The van der Waals surface area contributed by atoms with Gasteiger partial charge >= 0.3 is 0 Å². The Morgan fingerprint density at radius 2 is 1.71 bits per heavy atom. The molecule has 4 rings (SSSR count). The minimum Gasteiger partial charge on any atom is -0.370 e. The molecule has 28 heavy (non-hydrogen) atoms. The highest BCUT2D eigenvalue weighted by atomic mass is 16.5. The largest absolute Gasteiger partial charge is 0.370 e. The summed E-state index contributed by atoms with van der Waals surface area (Å²) in [7, 11) is 1.69. The third kappa shape index (κ3) is 3.66. The third-order valence-electron chi connectivity index (χ3n) is 4.72. The Labute approximate surface area is 163 Å². The maximum Gasteiger partial charge on any atom is 0.255 e. The van der Waals surface area contributed by atoms with Gasteiger partial charge in [0, 0.05) is 31.6 Å². The van der Waals surface area contributed by atoms with Crippen LogP contribution in [0, 0.1) is 0 Å². The van der Waals surface area contributed by atoms with Gasteiger partial charge in [-0.25, -0.2) is 4.98 Å². The van der Waals surface area contributed by atoms with E-state index < -0.39 is 0 Å². The second kappa shape index (κ2) is 8.06. The predicted molar refractivity (Wildman–Crippen MR) is 109 cm³/mol. The molecular formula is C23H21N3O2. The van der Waals surface area contributed by atoms with Gasteiger partial charge in [0.2, 0.25) is 0 Å². The molecule has 140 valence electrons. The molecule has 2 heterocycles. The molecule has 1 atom stereocenters. The number of hydrogen-bond donors (Lipinski definition) is 0. The Balaban J connectivity index is 1.62. The summed E-state index contributed by atoms with van der Waals surface area (Å²) in [6.45, 7) is 0.549. The summed E-state index contributed by atoms with van der Waals surface area (Å²) in [6, 6.07) is 23.3. The topological polar surface area (TPSA) is 49.0 Å². The van der Waals surface area contributed by atoms with Crippen LogP contribution < -0.4 is 5.56 Å². The van der Waals surface area contributed by atoms with Crippen molar-refractivity contribution in [2.45, 2.75) is 12.6 Å². The van der Waals surface area contributed by atoms with E-state index in [4.69, 9.17) is 4.74 Å². The molecule has 0 amide bonds. The van der Waals surface area contributed by atoms with Crippen molar-refractivity contribution in [2.24, 2.45) is 0 Å². The fraction of sp³-hybridized carbons (Fsp3) is 0.130. The normalized spacial score (nSPS) is 12.0. The highest BCUT2D eigenvalue weighted by Gasteiger charge is 2.17. The van der Waals surface area contributed by atoms with E-state index >= 15 is 0 Å². The smallest absolute Gasteiger partial charge is 0.255 e. The van der Waals surface area contributed by atoms with Crippen molar-refractivity contribution in [1.29, 1.82) is 0 Å². The lowest BCUT2D eigenvalue weighted by Crippen LogP contribution is -2.18. The van der Waals surface area contributed by atoms with E-state index in [-0.39, 0.29) is 11.7 Å². The van der Waals surface area contributed by atoms with Gasteiger partial charge in [0.15, 0.2) is 0 Å². The van der Waals surface area contributed by atoms with Crippen molar-refractivity contribution < 1.29 is 4.74 Å². The fourth-order valence-corrected chi connectivity index (χ4v) is 3.35. The minimum atomic E-state index is -0.214. The van der Waals surface area contributed by atoms with Gasteiger partial charge in [0.1, 0.15) is 6.10 Å². The molecule has 0 spiro atoms. The SMILES string of the molecule is COC(c1ccccc1)c1cncn1Cc1ccn(-c2ccccc2)c(=O)c1. The van der Waals surface area contributed by atoms with E-state index in [2.05, 4.69) is 4.98 Å². The highest BCUT2D eigenvalue weighted by molar-refractivity contribution is 5.32. The molecule has 0 saturated carbocycles. The summed E-state index contributed by atoms with van der Waals surface area (Å²) in [5.74, 6) is 0. The van der Waals surface area contributed by atoms with Crippen LogP contribution in [0.3, 0.4) is 0 Å². The van der Waals surface area contributed by atoms with Gasteiger partial charge in [-0.2, -0.15) is 0 Å². The molecule has 0 radical (unpaired) electrons. The van der Waals surface area contributed by atoms with Gasteiger partial charge in [0.05, 0.1) is 18.2 Å². The van der Waals surface area contributed by atoms with E-state index in [9.17, 15) is 4.79 Å². The van der Waals surface area contributed by atoms with Gasteiger partial charge < -0.3 is 9.30 Å². The van der Waals surface area contributed by atoms with Crippen molar-refractivity contribution in [3.63, 3.8) is 0 Å². The van der Waals surface area contributed by atoms with Crippen molar-refractivity contribution >= 4 is 0 Å². The van der Waals surface area contributed by atoms with Crippen LogP contribution in [0.25, 0.3) is 5.69 Å². The highest BCUT2D eigenvalue weighted by Crippen LogP contribution is 2.25. The standard InChI is InChI=1S/C23H21N3O2/c1-28-23(19-8-4-2-5-9-19)21-15-24-17-25(21)16-18-12-13-26(22(27)14-18)20-10-6-3-7-11-20/h2-15,17,23H,16H2,1H3. The number of ether oxygens (including phenoxy) is 1. The summed E-state index contributed by atoms with van der Waals surface area (Å²) in [6.07, 6.45) is 5.18. The first kappa shape index (κ1) is 17.9. The minimum absolute atomic E-state index is 0.0586. The second-order valence-electron chi connectivity index (χ2n) is 6.55. The average Bonchev–Trinajstić information content (AvgIpc) is 3.18. The lowest BCUT2D eigenvalue weighted by Gasteiger charge is -2.18. The molecule has 0 aliphatic heterocycles. The molecule has 0 N–H and O–H groups in total. The quantitative estimate of drug-likeness (QED) is 0.518. The van der Waals surface area contributed by atoms with Crippen LogP contribution in [0.4, 0.5) is 0 Å². The molecule has 1 unspecified atom stereocenters. The van der Waals surface area contributed by atoms with E-state index in [1.54, 1.807) is 24.1 Å². The summed E-state index contributed by atoms with van der Waals surface area (Å²) < 4.78 is 9.39. The molecule has 0 saturated heterocycles. The van der Waals surface area contributed by atoms with Crippen LogP contribution >= 0.6 is 0 Å². The van der Waals surface area contributed by atoms with Gasteiger partial charge in [0.25, 0.3) is 5.56 Å². The second-order valence-corrected chi connectivity index (χ2v) is 6.55. The number of para-hydroxylation sites is 1. The molecule has 0 bridgehead atoms. The Hall–Kier alpha value is -3.44. The predicted octanol–water partition coefficient (Wildman–Crippen LogP) is 3.82. The number of aromatic nitrogens is 3. The van der Waals surface area contributed by atoms with Gasteiger partial charge in [-0.3, -0.25) is 9.36 Å². The molecule has 4 aromatic rings. The average molecular weight is 371 g/mol. The van der Waals surface area contributed by atoms with Crippen LogP contribution in [0.2, 0.25) is 0 Å². The first-order chi connectivity index (χ1) is 13.8. The maximum atomic E-state index is 12.6. The number of imidazole rings is 1. The molecule has 0 aliphatic rings. The zero-order valence-corrected chi connectivity index (χ0v) is 15.6. The van der Waals surface area contributed by atoms with Gasteiger partial charge in [-0.15, -0.1) is 0 Å². The third-order valence-corrected chi connectivity index (χ3v) is 4.72. The van der Waals surface area contributed by atoms with Gasteiger partial charge in [-0.05, 0) is 29.3 Å². The number of pyridine rings is 1. The lowest BCUT2D eigenvalue weighted by molar-refractivity contribution is 0.130. The number of nitrogens with zero attached hydrogens (tertiary/aromatic N) is 3. The van der Waals surface area contributed by atoms with Gasteiger partial charge in [-0.1, -0.05) is 48.5 Å². The summed E-state index contributed by atoms with van der Waals surface area (Å²) in [4.78, 5) is 16.9. The molecular weight excluding hydrogens is 350 g/mol. The maximum absolute atomic E-state index is 12.6. The number of benzene rings is 2. The molecule has 5 nitrogen and oxygen atoms in total. The van der Waals surface area contributed by atoms with Crippen molar-refractivity contribution in [3.05, 3.63) is 119 Å². The summed E-state index contributed by atoms with van der Waals surface area (Å²) >= 11 is 0. The Kier molecular flexibility index (Phi) is 5.17. The lowest BCUT2D eigenvalue weighted by atomic mass is 10.1. The number of methoxy groups -OCH3 is 1. The van der Waals surface area contributed by atoms with Crippen LogP contribution in [0.5, 0.6) is 0 Å². The number of hydrogen-bond acceptors (Lipinski definition) is 3. The molecule has 5 heteroatoms. The monoisotopic (exact) mass is 371 g/mol. The zero-order chi connectivity index (χ0) is 19.3. The first-order valence-electron chi connectivity index (χ1n) is 9.11. The summed E-state index contributed by atoms with van der Waals surface area (Å²) in [5, 5.41) is 0. The number of rotatable bonds is 6. The first-order valence-corrected chi connectivity index (χ1v) is 9.11. The Bertz CT molecular complexity index is 1100. The van der Waals surface area contributed by atoms with E-state index in [1.807, 2.05) is 83.7 Å². The van der Waals surface area contributed by atoms with Crippen LogP contribution in [-0.4, -0.2) is 21.2 Å². The Morgan fingerprint density at radius 3 is 2.39 bits per heavy atom. The van der Waals surface area contributed by atoms with E-state index in [0.29, 0.717) is 6.54 Å². The molecule has 2 aromatic carbocycles. The van der Waals surface area contributed by atoms with E-state index in [1.165, 1.54) is 0 Å². The molecule has 0 fully saturated rings.